The Morgan fingerprint density at radius 3 is 2.75 bits per heavy atom. The zero-order chi connectivity index (χ0) is 19.6. The zero-order valence-electron chi connectivity index (χ0n) is 16.8. The third-order valence-corrected chi connectivity index (χ3v) is 6.73. The highest BCUT2D eigenvalue weighted by molar-refractivity contribution is 5.87. The van der Waals surface area contributed by atoms with E-state index < -0.39 is 0 Å². The van der Waals surface area contributed by atoms with Gasteiger partial charge in [0.15, 0.2) is 0 Å². The molecule has 0 saturated carbocycles. The molecule has 2 amide bonds. The average molecular weight is 389 g/mol. The minimum atomic E-state index is -0.344. The molecule has 7 nitrogen and oxygen atoms in total. The Morgan fingerprint density at radius 2 is 2.04 bits per heavy atom. The standard InChI is InChI=1S/C21H31N3O4/c1-27-14-12-23-10-6-21(20(23)26)7-11-24(16-21)19(25)17-4-8-22(9-5-17)15-18-3-2-13-28-18/h2-3,13,17H,4-12,14-16H2,1H3. The highest BCUT2D eigenvalue weighted by Gasteiger charge is 2.51. The Hall–Kier alpha value is -1.86. The maximum Gasteiger partial charge on any atom is 0.230 e. The summed E-state index contributed by atoms with van der Waals surface area (Å²) in [5, 5.41) is 0. The van der Waals surface area contributed by atoms with Gasteiger partial charge in [-0.25, -0.2) is 0 Å². The van der Waals surface area contributed by atoms with Crippen molar-refractivity contribution in [3.63, 3.8) is 0 Å². The van der Waals surface area contributed by atoms with Gasteiger partial charge in [-0.3, -0.25) is 14.5 Å². The van der Waals surface area contributed by atoms with Gasteiger partial charge in [0.2, 0.25) is 11.8 Å². The molecule has 0 aliphatic carbocycles. The van der Waals surface area contributed by atoms with E-state index in [1.807, 2.05) is 21.9 Å². The molecule has 4 rings (SSSR count). The molecule has 0 aromatic carbocycles. The largest absolute Gasteiger partial charge is 0.468 e. The van der Waals surface area contributed by atoms with Gasteiger partial charge < -0.3 is 19.0 Å². The topological polar surface area (TPSA) is 66.2 Å². The fourth-order valence-electron chi connectivity index (χ4n) is 4.97. The van der Waals surface area contributed by atoms with E-state index in [-0.39, 0.29) is 23.1 Å². The number of amides is 2. The van der Waals surface area contributed by atoms with Crippen LogP contribution < -0.4 is 0 Å². The maximum atomic E-state index is 13.1. The lowest BCUT2D eigenvalue weighted by Crippen LogP contribution is -2.43. The van der Waals surface area contributed by atoms with Gasteiger partial charge in [0.05, 0.1) is 24.8 Å². The van der Waals surface area contributed by atoms with E-state index in [0.29, 0.717) is 19.7 Å². The maximum absolute atomic E-state index is 13.1. The van der Waals surface area contributed by atoms with E-state index in [9.17, 15) is 9.59 Å². The highest BCUT2D eigenvalue weighted by atomic mass is 16.5. The fourth-order valence-corrected chi connectivity index (χ4v) is 4.97. The molecule has 154 valence electrons. The van der Waals surface area contributed by atoms with Crippen molar-refractivity contribution in [3.8, 4) is 0 Å². The van der Waals surface area contributed by atoms with Crippen LogP contribution >= 0.6 is 0 Å². The minimum Gasteiger partial charge on any atom is -0.468 e. The van der Waals surface area contributed by atoms with E-state index in [1.165, 1.54) is 0 Å². The number of methoxy groups -OCH3 is 1. The predicted octanol–water partition coefficient (Wildman–Crippen LogP) is 1.59. The third kappa shape index (κ3) is 3.82. The Bertz CT molecular complexity index is 684. The number of ether oxygens (including phenoxy) is 1. The van der Waals surface area contributed by atoms with Gasteiger partial charge in [-0.2, -0.15) is 0 Å². The first-order chi connectivity index (χ1) is 13.6. The number of nitrogens with zero attached hydrogens (tertiary/aromatic N) is 3. The summed E-state index contributed by atoms with van der Waals surface area (Å²) in [5.41, 5.74) is -0.344. The van der Waals surface area contributed by atoms with Crippen LogP contribution in [-0.2, 0) is 20.9 Å². The lowest BCUT2D eigenvalue weighted by molar-refractivity contribution is -0.138. The molecule has 1 aromatic rings. The number of hydrogen-bond acceptors (Lipinski definition) is 5. The van der Waals surface area contributed by atoms with Crippen LogP contribution in [0, 0.1) is 11.3 Å². The van der Waals surface area contributed by atoms with Crippen molar-refractivity contribution in [1.29, 1.82) is 0 Å². The van der Waals surface area contributed by atoms with Crippen LogP contribution in [0.5, 0.6) is 0 Å². The van der Waals surface area contributed by atoms with E-state index in [1.54, 1.807) is 13.4 Å². The number of piperidine rings is 1. The third-order valence-electron chi connectivity index (χ3n) is 6.73. The van der Waals surface area contributed by atoms with Crippen LogP contribution in [0.4, 0.5) is 0 Å². The second kappa shape index (κ2) is 8.25. The van der Waals surface area contributed by atoms with Crippen molar-refractivity contribution < 1.29 is 18.7 Å². The first kappa shape index (κ1) is 19.5. The van der Waals surface area contributed by atoms with Crippen molar-refractivity contribution in [3.05, 3.63) is 24.2 Å². The first-order valence-electron chi connectivity index (χ1n) is 10.4. The highest BCUT2D eigenvalue weighted by Crippen LogP contribution is 2.41. The normalized spacial score (nSPS) is 26.7. The average Bonchev–Trinajstić information content (AvgIpc) is 3.44. The SMILES string of the molecule is COCCN1CCC2(CCN(C(=O)C3CCN(Cc4ccco4)CC3)C2)C1=O. The van der Waals surface area contributed by atoms with Gasteiger partial charge in [-0.05, 0) is 50.9 Å². The number of rotatable bonds is 6. The molecule has 0 N–H and O–H groups in total. The molecule has 28 heavy (non-hydrogen) atoms. The second-order valence-electron chi connectivity index (χ2n) is 8.45. The molecule has 1 spiro atoms. The van der Waals surface area contributed by atoms with Crippen LogP contribution in [0.2, 0.25) is 0 Å². The molecule has 4 heterocycles. The van der Waals surface area contributed by atoms with Gasteiger partial charge >= 0.3 is 0 Å². The Balaban J connectivity index is 1.28. The Labute approximate surface area is 166 Å². The van der Waals surface area contributed by atoms with Crippen LogP contribution in [0.1, 0.15) is 31.4 Å². The van der Waals surface area contributed by atoms with Gasteiger partial charge in [-0.1, -0.05) is 0 Å². The van der Waals surface area contributed by atoms with Crippen LogP contribution in [0.3, 0.4) is 0 Å². The summed E-state index contributed by atoms with van der Waals surface area (Å²) >= 11 is 0. The van der Waals surface area contributed by atoms with E-state index in [2.05, 4.69) is 4.90 Å². The lowest BCUT2D eigenvalue weighted by Gasteiger charge is -2.33. The van der Waals surface area contributed by atoms with Crippen molar-refractivity contribution in [2.24, 2.45) is 11.3 Å². The van der Waals surface area contributed by atoms with Gasteiger partial charge in [-0.15, -0.1) is 0 Å². The predicted molar refractivity (Wildman–Crippen MR) is 103 cm³/mol. The Kier molecular flexibility index (Phi) is 5.73. The molecule has 3 fully saturated rings. The summed E-state index contributed by atoms with van der Waals surface area (Å²) in [6, 6.07) is 3.91. The molecular weight excluding hydrogens is 358 g/mol. The lowest BCUT2D eigenvalue weighted by atomic mass is 9.85. The van der Waals surface area contributed by atoms with E-state index in [0.717, 1.165) is 64.2 Å². The summed E-state index contributed by atoms with van der Waals surface area (Å²) in [6.07, 6.45) is 5.14. The molecule has 0 bridgehead atoms. The number of furan rings is 1. The molecule has 7 heteroatoms. The zero-order valence-corrected chi connectivity index (χ0v) is 16.8. The summed E-state index contributed by atoms with van der Waals surface area (Å²) in [7, 11) is 1.66. The number of carbonyl (C=O) groups excluding carboxylic acids is 2. The van der Waals surface area contributed by atoms with E-state index >= 15 is 0 Å². The molecule has 0 radical (unpaired) electrons. The molecular formula is C21H31N3O4. The quantitative estimate of drug-likeness (QED) is 0.739. The van der Waals surface area contributed by atoms with Gasteiger partial charge in [0.25, 0.3) is 0 Å². The molecule has 3 saturated heterocycles. The van der Waals surface area contributed by atoms with Crippen molar-refractivity contribution in [2.75, 3.05) is 53.0 Å². The van der Waals surface area contributed by atoms with E-state index in [4.69, 9.17) is 9.15 Å². The monoisotopic (exact) mass is 389 g/mol. The molecule has 1 unspecified atom stereocenters. The van der Waals surface area contributed by atoms with Crippen LogP contribution in [0.25, 0.3) is 0 Å². The molecule has 3 aliphatic rings. The van der Waals surface area contributed by atoms with Gasteiger partial charge in [0, 0.05) is 39.2 Å². The summed E-state index contributed by atoms with van der Waals surface area (Å²) < 4.78 is 10.5. The second-order valence-corrected chi connectivity index (χ2v) is 8.45. The Morgan fingerprint density at radius 1 is 1.25 bits per heavy atom. The van der Waals surface area contributed by atoms with Crippen molar-refractivity contribution >= 4 is 11.8 Å². The molecule has 3 aliphatic heterocycles. The number of carbonyl (C=O) groups is 2. The van der Waals surface area contributed by atoms with Crippen LogP contribution in [0.15, 0.2) is 22.8 Å². The first-order valence-corrected chi connectivity index (χ1v) is 10.4. The molecule has 1 aromatic heterocycles. The molecule has 1 atom stereocenters. The number of hydrogen-bond donors (Lipinski definition) is 0. The van der Waals surface area contributed by atoms with Gasteiger partial charge in [0.1, 0.15) is 5.76 Å². The van der Waals surface area contributed by atoms with Crippen molar-refractivity contribution in [1.82, 2.24) is 14.7 Å². The van der Waals surface area contributed by atoms with Crippen LogP contribution in [-0.4, -0.2) is 79.5 Å². The fraction of sp³-hybridized carbons (Fsp3) is 0.714. The summed E-state index contributed by atoms with van der Waals surface area (Å²) in [5.74, 6) is 1.53. The summed E-state index contributed by atoms with van der Waals surface area (Å²) in [4.78, 5) is 32.2. The summed E-state index contributed by atoms with van der Waals surface area (Å²) in [6.45, 7) is 5.97. The minimum absolute atomic E-state index is 0.0871. The smallest absolute Gasteiger partial charge is 0.230 e. The van der Waals surface area contributed by atoms with Crippen molar-refractivity contribution in [2.45, 2.75) is 32.2 Å². The number of likely N-dealkylation sites (tertiary alicyclic amines) is 3.